The van der Waals surface area contributed by atoms with Crippen molar-refractivity contribution in [1.29, 1.82) is 0 Å². The molecular formula is C20H18N2O3. The summed E-state index contributed by atoms with van der Waals surface area (Å²) in [4.78, 5) is 37.4. The molecule has 1 heterocycles. The number of nitrogens with zero attached hydrogens (tertiary/aromatic N) is 1. The van der Waals surface area contributed by atoms with Crippen molar-refractivity contribution < 1.29 is 14.4 Å². The first-order valence-electron chi connectivity index (χ1n) is 8.51. The van der Waals surface area contributed by atoms with Crippen LogP contribution in [-0.4, -0.2) is 17.7 Å². The number of benzene rings is 2. The smallest absolute Gasteiger partial charge is 0.255 e. The molecule has 1 saturated heterocycles. The largest absolute Gasteiger partial charge is 0.322 e. The molecule has 0 unspecified atom stereocenters. The lowest BCUT2D eigenvalue weighted by Gasteiger charge is -2.15. The molecule has 0 bridgehead atoms. The Labute approximate surface area is 145 Å². The molecule has 0 radical (unpaired) electrons. The van der Waals surface area contributed by atoms with Crippen molar-refractivity contribution in [1.82, 2.24) is 0 Å². The van der Waals surface area contributed by atoms with E-state index in [1.807, 2.05) is 12.1 Å². The zero-order chi connectivity index (χ0) is 17.4. The summed E-state index contributed by atoms with van der Waals surface area (Å²) >= 11 is 0. The van der Waals surface area contributed by atoms with E-state index in [1.165, 1.54) is 11.1 Å². The summed E-state index contributed by atoms with van der Waals surface area (Å²) in [5.74, 6) is -0.693. The second-order valence-corrected chi connectivity index (χ2v) is 6.46. The van der Waals surface area contributed by atoms with Crippen LogP contribution in [0.15, 0.2) is 42.5 Å². The van der Waals surface area contributed by atoms with Crippen LogP contribution in [0.3, 0.4) is 0 Å². The number of carbonyl (C=O) groups is 3. The molecule has 0 aromatic heterocycles. The maximum absolute atomic E-state index is 12.5. The Hall–Kier alpha value is -2.95. The number of amides is 3. The molecule has 5 nitrogen and oxygen atoms in total. The first-order valence-corrected chi connectivity index (χ1v) is 8.51. The number of fused-ring (bicyclic) bond motifs is 1. The van der Waals surface area contributed by atoms with E-state index in [4.69, 9.17) is 0 Å². The van der Waals surface area contributed by atoms with Crippen LogP contribution in [0.2, 0.25) is 0 Å². The third-order valence-electron chi connectivity index (χ3n) is 4.77. The summed E-state index contributed by atoms with van der Waals surface area (Å²) in [6.45, 7) is 0. The van der Waals surface area contributed by atoms with Gasteiger partial charge in [-0.05, 0) is 60.7 Å². The number of carbonyl (C=O) groups excluding carboxylic acids is 3. The van der Waals surface area contributed by atoms with E-state index in [2.05, 4.69) is 11.4 Å². The van der Waals surface area contributed by atoms with Crippen molar-refractivity contribution in [3.63, 3.8) is 0 Å². The van der Waals surface area contributed by atoms with Crippen molar-refractivity contribution in [2.24, 2.45) is 0 Å². The molecule has 1 aliphatic heterocycles. The van der Waals surface area contributed by atoms with E-state index in [1.54, 1.807) is 24.3 Å². The van der Waals surface area contributed by atoms with Gasteiger partial charge in [-0.1, -0.05) is 12.1 Å². The van der Waals surface area contributed by atoms with Crippen LogP contribution in [0.5, 0.6) is 0 Å². The van der Waals surface area contributed by atoms with Gasteiger partial charge in [-0.25, -0.2) is 0 Å². The average molecular weight is 334 g/mol. The van der Waals surface area contributed by atoms with Crippen LogP contribution < -0.4 is 10.2 Å². The highest BCUT2D eigenvalue weighted by Gasteiger charge is 2.30. The van der Waals surface area contributed by atoms with E-state index in [-0.39, 0.29) is 30.6 Å². The van der Waals surface area contributed by atoms with E-state index >= 15 is 0 Å². The van der Waals surface area contributed by atoms with Crippen molar-refractivity contribution in [3.8, 4) is 0 Å². The monoisotopic (exact) mass is 334 g/mol. The van der Waals surface area contributed by atoms with Gasteiger partial charge in [-0.3, -0.25) is 19.3 Å². The lowest BCUT2D eigenvalue weighted by Crippen LogP contribution is -2.28. The van der Waals surface area contributed by atoms with Crippen LogP contribution in [-0.2, 0) is 22.4 Å². The fourth-order valence-corrected chi connectivity index (χ4v) is 3.50. The predicted molar refractivity (Wildman–Crippen MR) is 94.6 cm³/mol. The molecule has 3 amide bonds. The lowest BCUT2D eigenvalue weighted by molar-refractivity contribution is -0.121. The molecule has 2 aromatic rings. The van der Waals surface area contributed by atoms with Crippen LogP contribution in [0.4, 0.5) is 11.4 Å². The molecule has 0 spiro atoms. The van der Waals surface area contributed by atoms with Gasteiger partial charge in [0.15, 0.2) is 0 Å². The summed E-state index contributed by atoms with van der Waals surface area (Å²) in [6.07, 6.45) is 3.76. The van der Waals surface area contributed by atoms with Crippen LogP contribution >= 0.6 is 0 Å². The first-order chi connectivity index (χ1) is 12.1. The molecule has 4 rings (SSSR count). The van der Waals surface area contributed by atoms with Gasteiger partial charge >= 0.3 is 0 Å². The molecule has 1 aliphatic carbocycles. The second kappa shape index (κ2) is 6.16. The number of hydrogen-bond acceptors (Lipinski definition) is 3. The number of imide groups is 1. The SMILES string of the molecule is O=C(Nc1ccc2c(c1)CCC2)c1cccc(N2C(=O)CCC2=O)c1. The third kappa shape index (κ3) is 2.93. The quantitative estimate of drug-likeness (QED) is 0.877. The number of nitrogens with one attached hydrogen (secondary N) is 1. The molecule has 2 aliphatic rings. The maximum atomic E-state index is 12.5. The van der Waals surface area contributed by atoms with Gasteiger partial charge in [-0.2, -0.15) is 0 Å². The van der Waals surface area contributed by atoms with Gasteiger partial charge in [0, 0.05) is 24.1 Å². The van der Waals surface area contributed by atoms with Gasteiger partial charge < -0.3 is 5.32 Å². The molecule has 25 heavy (non-hydrogen) atoms. The molecule has 0 atom stereocenters. The fourth-order valence-electron chi connectivity index (χ4n) is 3.50. The van der Waals surface area contributed by atoms with Crippen molar-refractivity contribution in [3.05, 3.63) is 59.2 Å². The molecule has 1 N–H and O–H groups in total. The molecule has 0 saturated carbocycles. The van der Waals surface area contributed by atoms with Crippen molar-refractivity contribution >= 4 is 29.1 Å². The minimum atomic E-state index is -0.251. The van der Waals surface area contributed by atoms with E-state index in [0.717, 1.165) is 29.8 Å². The minimum absolute atomic E-state index is 0.221. The number of hydrogen-bond donors (Lipinski definition) is 1. The summed E-state index contributed by atoms with van der Waals surface area (Å²) in [6, 6.07) is 12.6. The Morgan fingerprint density at radius 1 is 0.880 bits per heavy atom. The summed E-state index contributed by atoms with van der Waals surface area (Å²) in [5, 5.41) is 2.90. The Bertz CT molecular complexity index is 872. The number of rotatable bonds is 3. The second-order valence-electron chi connectivity index (χ2n) is 6.46. The molecule has 5 heteroatoms. The van der Waals surface area contributed by atoms with Crippen LogP contribution in [0.1, 0.15) is 40.7 Å². The highest BCUT2D eigenvalue weighted by molar-refractivity contribution is 6.20. The minimum Gasteiger partial charge on any atom is -0.322 e. The van der Waals surface area contributed by atoms with E-state index in [9.17, 15) is 14.4 Å². The molecule has 126 valence electrons. The van der Waals surface area contributed by atoms with Crippen LogP contribution in [0, 0.1) is 0 Å². The van der Waals surface area contributed by atoms with Gasteiger partial charge in [0.2, 0.25) is 11.8 Å². The molecule has 2 aromatic carbocycles. The van der Waals surface area contributed by atoms with Gasteiger partial charge in [0.1, 0.15) is 0 Å². The van der Waals surface area contributed by atoms with Gasteiger partial charge in [0.05, 0.1) is 5.69 Å². The van der Waals surface area contributed by atoms with E-state index < -0.39 is 0 Å². The Morgan fingerprint density at radius 2 is 1.64 bits per heavy atom. The number of anilines is 2. The zero-order valence-corrected chi connectivity index (χ0v) is 13.7. The summed E-state index contributed by atoms with van der Waals surface area (Å²) in [7, 11) is 0. The standard InChI is InChI=1S/C20H18N2O3/c23-18-9-10-19(24)22(18)17-6-2-5-15(12-17)20(25)21-16-8-7-13-3-1-4-14(13)11-16/h2,5-8,11-12H,1,3-4,9-10H2,(H,21,25). The molecular weight excluding hydrogens is 316 g/mol. The van der Waals surface area contributed by atoms with Crippen molar-refractivity contribution in [2.45, 2.75) is 32.1 Å². The first kappa shape index (κ1) is 15.6. The highest BCUT2D eigenvalue weighted by atomic mass is 16.2. The Balaban J connectivity index is 1.55. The fraction of sp³-hybridized carbons (Fsp3) is 0.250. The zero-order valence-electron chi connectivity index (χ0n) is 13.7. The maximum Gasteiger partial charge on any atom is 0.255 e. The van der Waals surface area contributed by atoms with E-state index in [0.29, 0.717) is 11.3 Å². The number of aryl methyl sites for hydroxylation is 2. The normalized spacial score (nSPS) is 16.2. The summed E-state index contributed by atoms with van der Waals surface area (Å²) < 4.78 is 0. The van der Waals surface area contributed by atoms with Crippen LogP contribution in [0.25, 0.3) is 0 Å². The predicted octanol–water partition coefficient (Wildman–Crippen LogP) is 3.08. The Morgan fingerprint density at radius 3 is 2.44 bits per heavy atom. The Kier molecular flexibility index (Phi) is 3.84. The lowest BCUT2D eigenvalue weighted by atomic mass is 10.1. The topological polar surface area (TPSA) is 66.5 Å². The third-order valence-corrected chi connectivity index (χ3v) is 4.77. The average Bonchev–Trinajstić information content (AvgIpc) is 3.21. The van der Waals surface area contributed by atoms with Gasteiger partial charge in [-0.15, -0.1) is 0 Å². The van der Waals surface area contributed by atoms with Crippen molar-refractivity contribution in [2.75, 3.05) is 10.2 Å². The van der Waals surface area contributed by atoms with Gasteiger partial charge in [0.25, 0.3) is 5.91 Å². The highest BCUT2D eigenvalue weighted by Crippen LogP contribution is 2.26. The summed E-state index contributed by atoms with van der Waals surface area (Å²) in [5.41, 5.74) is 4.29. The molecule has 1 fully saturated rings.